The number of hydrogen-bond donors (Lipinski definition) is 0. The van der Waals surface area contributed by atoms with Gasteiger partial charge in [0.1, 0.15) is 0 Å². The first-order chi connectivity index (χ1) is 8.59. The van der Waals surface area contributed by atoms with Crippen molar-refractivity contribution in [2.45, 2.75) is 91.9 Å². The van der Waals surface area contributed by atoms with Crippen LogP contribution in [0.4, 0.5) is 0 Å². The van der Waals surface area contributed by atoms with Crippen LogP contribution in [0.15, 0.2) is 11.1 Å². The van der Waals surface area contributed by atoms with Crippen molar-refractivity contribution in [3.8, 4) is 0 Å². The van der Waals surface area contributed by atoms with Crippen LogP contribution in [0.5, 0.6) is 0 Å². The third-order valence-corrected chi connectivity index (χ3v) is 3.68. The van der Waals surface area contributed by atoms with Gasteiger partial charge >= 0.3 is 0 Å². The van der Waals surface area contributed by atoms with Gasteiger partial charge < -0.3 is 0 Å². The summed E-state index contributed by atoms with van der Waals surface area (Å²) in [6.07, 6.45) is 12.6. The van der Waals surface area contributed by atoms with Crippen molar-refractivity contribution in [2.75, 3.05) is 0 Å². The Labute approximate surface area is 114 Å². The maximum atomic E-state index is 11.7. The summed E-state index contributed by atoms with van der Waals surface area (Å²) < 4.78 is 0. The lowest BCUT2D eigenvalue weighted by atomic mass is 10.0. The Hall–Kier alpha value is -0.590. The van der Waals surface area contributed by atoms with Gasteiger partial charge in [-0.1, -0.05) is 63.9 Å². The summed E-state index contributed by atoms with van der Waals surface area (Å²) in [7, 11) is 0. The lowest BCUT2D eigenvalue weighted by Gasteiger charge is -2.04. The molecule has 106 valence electrons. The second kappa shape index (κ2) is 11.5. The molecule has 0 amide bonds. The van der Waals surface area contributed by atoms with Crippen LogP contribution >= 0.6 is 0 Å². The van der Waals surface area contributed by atoms with Crippen molar-refractivity contribution in [1.82, 2.24) is 0 Å². The standard InChI is InChI=1S/C17H32O/c1-5-6-7-8-9-10-11-12-13-14-17(18)16(4)15(2)3/h5-14H2,1-4H3. The SMILES string of the molecule is CCCCCCCCCCCC(=O)C(C)=C(C)C. The van der Waals surface area contributed by atoms with E-state index in [1.54, 1.807) is 0 Å². The summed E-state index contributed by atoms with van der Waals surface area (Å²) in [5.41, 5.74) is 2.13. The molecule has 1 nitrogen and oxygen atoms in total. The predicted molar refractivity (Wildman–Crippen MR) is 80.9 cm³/mol. The molecule has 0 bridgehead atoms. The normalized spacial score (nSPS) is 10.4. The number of allylic oxidation sites excluding steroid dienone is 2. The second-order valence-electron chi connectivity index (χ2n) is 5.63. The summed E-state index contributed by atoms with van der Waals surface area (Å²) in [4.78, 5) is 11.7. The lowest BCUT2D eigenvalue weighted by molar-refractivity contribution is -0.115. The molecular weight excluding hydrogens is 220 g/mol. The summed E-state index contributed by atoms with van der Waals surface area (Å²) in [6.45, 7) is 8.24. The zero-order valence-corrected chi connectivity index (χ0v) is 13.0. The summed E-state index contributed by atoms with van der Waals surface area (Å²) in [5.74, 6) is 0.345. The van der Waals surface area contributed by atoms with Crippen molar-refractivity contribution < 1.29 is 4.79 Å². The Balaban J connectivity index is 3.36. The lowest BCUT2D eigenvalue weighted by Crippen LogP contribution is -2.00. The maximum Gasteiger partial charge on any atom is 0.158 e. The van der Waals surface area contributed by atoms with Crippen molar-refractivity contribution in [3.63, 3.8) is 0 Å². The van der Waals surface area contributed by atoms with Gasteiger partial charge in [-0.25, -0.2) is 0 Å². The van der Waals surface area contributed by atoms with E-state index >= 15 is 0 Å². The van der Waals surface area contributed by atoms with E-state index in [1.165, 1.54) is 51.4 Å². The van der Waals surface area contributed by atoms with E-state index in [2.05, 4.69) is 6.92 Å². The predicted octanol–water partition coefficient (Wildman–Crippen LogP) is 5.83. The Morgan fingerprint density at radius 2 is 1.17 bits per heavy atom. The average Bonchev–Trinajstić information content (AvgIpc) is 2.35. The van der Waals surface area contributed by atoms with Crippen LogP contribution in [-0.4, -0.2) is 5.78 Å². The molecule has 0 heterocycles. The van der Waals surface area contributed by atoms with Gasteiger partial charge in [-0.05, 0) is 32.8 Å². The number of hydrogen-bond acceptors (Lipinski definition) is 1. The Kier molecular flexibility index (Phi) is 11.1. The fourth-order valence-corrected chi connectivity index (χ4v) is 2.06. The number of ketones is 1. The molecule has 0 rings (SSSR count). The maximum absolute atomic E-state index is 11.7. The third-order valence-electron chi connectivity index (χ3n) is 3.68. The highest BCUT2D eigenvalue weighted by Gasteiger charge is 2.05. The number of carbonyl (C=O) groups is 1. The van der Waals surface area contributed by atoms with Crippen LogP contribution in [0.25, 0.3) is 0 Å². The van der Waals surface area contributed by atoms with Crippen LogP contribution in [-0.2, 0) is 4.79 Å². The summed E-state index contributed by atoms with van der Waals surface area (Å²) in [6, 6.07) is 0. The Morgan fingerprint density at radius 1 is 0.722 bits per heavy atom. The van der Waals surface area contributed by atoms with Crippen LogP contribution in [0.2, 0.25) is 0 Å². The highest BCUT2D eigenvalue weighted by molar-refractivity contribution is 5.95. The smallest absolute Gasteiger partial charge is 0.158 e. The van der Waals surface area contributed by atoms with Crippen LogP contribution in [0.1, 0.15) is 91.9 Å². The number of Topliss-reactive ketones (excluding diaryl/α,β-unsaturated/α-hetero) is 1. The van der Waals surface area contributed by atoms with E-state index < -0.39 is 0 Å². The number of unbranched alkanes of at least 4 members (excludes halogenated alkanes) is 8. The minimum Gasteiger partial charge on any atom is -0.295 e. The highest BCUT2D eigenvalue weighted by Crippen LogP contribution is 2.13. The van der Waals surface area contributed by atoms with Crippen LogP contribution < -0.4 is 0 Å². The fraction of sp³-hybridized carbons (Fsp3) is 0.824. The first-order valence-electron chi connectivity index (χ1n) is 7.76. The molecule has 18 heavy (non-hydrogen) atoms. The minimum absolute atomic E-state index is 0.345. The second-order valence-corrected chi connectivity index (χ2v) is 5.63. The molecule has 0 spiro atoms. The molecular formula is C17H32O. The zero-order valence-electron chi connectivity index (χ0n) is 13.0. The molecule has 0 aromatic rings. The van der Waals surface area contributed by atoms with Gasteiger partial charge in [0.15, 0.2) is 5.78 Å². The van der Waals surface area contributed by atoms with E-state index in [4.69, 9.17) is 0 Å². The molecule has 0 atom stereocenters. The molecule has 0 unspecified atom stereocenters. The van der Waals surface area contributed by atoms with Gasteiger partial charge in [0, 0.05) is 6.42 Å². The number of rotatable bonds is 11. The Morgan fingerprint density at radius 3 is 1.61 bits per heavy atom. The molecule has 0 aromatic carbocycles. The molecule has 0 saturated heterocycles. The van der Waals surface area contributed by atoms with E-state index in [0.29, 0.717) is 5.78 Å². The zero-order chi connectivity index (χ0) is 13.8. The molecule has 0 radical (unpaired) electrons. The van der Waals surface area contributed by atoms with E-state index in [0.717, 1.165) is 24.0 Å². The molecule has 0 aliphatic carbocycles. The molecule has 0 aliphatic heterocycles. The topological polar surface area (TPSA) is 17.1 Å². The van der Waals surface area contributed by atoms with E-state index in [-0.39, 0.29) is 0 Å². The van der Waals surface area contributed by atoms with Crippen molar-refractivity contribution in [1.29, 1.82) is 0 Å². The van der Waals surface area contributed by atoms with Crippen molar-refractivity contribution in [2.24, 2.45) is 0 Å². The van der Waals surface area contributed by atoms with Crippen molar-refractivity contribution in [3.05, 3.63) is 11.1 Å². The fourth-order valence-electron chi connectivity index (χ4n) is 2.06. The van der Waals surface area contributed by atoms with Gasteiger partial charge in [-0.15, -0.1) is 0 Å². The largest absolute Gasteiger partial charge is 0.295 e. The minimum atomic E-state index is 0.345. The van der Waals surface area contributed by atoms with Gasteiger partial charge in [-0.2, -0.15) is 0 Å². The van der Waals surface area contributed by atoms with E-state index in [1.807, 2.05) is 20.8 Å². The Bertz CT molecular complexity index is 246. The molecule has 0 fully saturated rings. The van der Waals surface area contributed by atoms with Gasteiger partial charge in [0.05, 0.1) is 0 Å². The first-order valence-corrected chi connectivity index (χ1v) is 7.76. The first kappa shape index (κ1) is 17.4. The summed E-state index contributed by atoms with van der Waals surface area (Å²) >= 11 is 0. The molecule has 0 N–H and O–H groups in total. The summed E-state index contributed by atoms with van der Waals surface area (Å²) in [5, 5.41) is 0. The molecule has 0 aromatic heterocycles. The number of carbonyl (C=O) groups excluding carboxylic acids is 1. The molecule has 0 aliphatic rings. The highest BCUT2D eigenvalue weighted by atomic mass is 16.1. The van der Waals surface area contributed by atoms with Crippen LogP contribution in [0, 0.1) is 0 Å². The van der Waals surface area contributed by atoms with Gasteiger partial charge in [0.2, 0.25) is 0 Å². The average molecular weight is 252 g/mol. The molecule has 0 saturated carbocycles. The molecule has 1 heteroatoms. The van der Waals surface area contributed by atoms with Gasteiger partial charge in [-0.3, -0.25) is 4.79 Å². The third kappa shape index (κ3) is 9.44. The van der Waals surface area contributed by atoms with Gasteiger partial charge in [0.25, 0.3) is 0 Å². The monoisotopic (exact) mass is 252 g/mol. The quantitative estimate of drug-likeness (QED) is 0.334. The van der Waals surface area contributed by atoms with E-state index in [9.17, 15) is 4.79 Å². The van der Waals surface area contributed by atoms with Crippen molar-refractivity contribution >= 4 is 5.78 Å². The van der Waals surface area contributed by atoms with Crippen LogP contribution in [0.3, 0.4) is 0 Å².